The number of rotatable bonds is 5. The summed E-state index contributed by atoms with van der Waals surface area (Å²) in [7, 11) is 2.69. The second-order valence-corrected chi connectivity index (χ2v) is 3.99. The van der Waals surface area contributed by atoms with E-state index in [2.05, 4.69) is 10.1 Å². The highest BCUT2D eigenvalue weighted by molar-refractivity contribution is 5.83. The Hall–Kier alpha value is -2.24. The molecule has 0 bridgehead atoms. The summed E-state index contributed by atoms with van der Waals surface area (Å²) in [6.07, 6.45) is 0.253. The maximum absolute atomic E-state index is 11.6. The molecule has 2 N–H and O–H groups in total. The Bertz CT molecular complexity index is 472. The molecule has 0 saturated carbocycles. The average molecular weight is 267 g/mol. The van der Waals surface area contributed by atoms with Gasteiger partial charge in [0.15, 0.2) is 11.5 Å². The molecule has 0 aliphatic carbocycles. The third-order valence-corrected chi connectivity index (χ3v) is 2.55. The Morgan fingerprint density at radius 2 is 2.05 bits per heavy atom. The number of benzene rings is 1. The van der Waals surface area contributed by atoms with Crippen molar-refractivity contribution in [1.82, 2.24) is 5.32 Å². The minimum absolute atomic E-state index is 0.0143. The van der Waals surface area contributed by atoms with Crippen molar-refractivity contribution in [2.75, 3.05) is 14.2 Å². The van der Waals surface area contributed by atoms with E-state index in [0.29, 0.717) is 5.75 Å². The number of amides is 1. The predicted octanol–water partition coefficient (Wildman–Crippen LogP) is 0.621. The summed E-state index contributed by atoms with van der Waals surface area (Å²) < 4.78 is 9.61. The first-order valence-electron chi connectivity index (χ1n) is 5.68. The average Bonchev–Trinajstić information content (AvgIpc) is 2.38. The van der Waals surface area contributed by atoms with Crippen molar-refractivity contribution < 1.29 is 24.2 Å². The summed E-state index contributed by atoms with van der Waals surface area (Å²) in [5, 5.41) is 12.0. The van der Waals surface area contributed by atoms with E-state index in [0.717, 1.165) is 5.56 Å². The van der Waals surface area contributed by atoms with Crippen LogP contribution < -0.4 is 10.1 Å². The summed E-state index contributed by atoms with van der Waals surface area (Å²) >= 11 is 0. The molecule has 0 aliphatic heterocycles. The quantitative estimate of drug-likeness (QED) is 0.764. The summed E-state index contributed by atoms with van der Waals surface area (Å²) in [5.74, 6) is -0.521. The fourth-order valence-corrected chi connectivity index (χ4v) is 1.67. The van der Waals surface area contributed by atoms with Gasteiger partial charge in [-0.3, -0.25) is 4.79 Å². The monoisotopic (exact) mass is 267 g/mol. The lowest BCUT2D eigenvalue weighted by molar-refractivity contribution is -0.144. The summed E-state index contributed by atoms with van der Waals surface area (Å²) in [5.41, 5.74) is 0.735. The Balaban J connectivity index is 2.89. The van der Waals surface area contributed by atoms with Crippen LogP contribution in [-0.2, 0) is 20.7 Å². The zero-order valence-corrected chi connectivity index (χ0v) is 11.1. The number of phenols is 1. The number of nitrogens with one attached hydrogen (secondary N) is 1. The third-order valence-electron chi connectivity index (χ3n) is 2.55. The molecule has 1 atom stereocenters. The molecule has 1 rings (SSSR count). The van der Waals surface area contributed by atoms with E-state index in [9.17, 15) is 14.7 Å². The Morgan fingerprint density at radius 3 is 2.58 bits per heavy atom. The molecule has 0 heterocycles. The minimum Gasteiger partial charge on any atom is -0.504 e. The zero-order valence-electron chi connectivity index (χ0n) is 11.1. The molecule has 0 aliphatic rings. The molecule has 0 radical (unpaired) electrons. The molecule has 19 heavy (non-hydrogen) atoms. The minimum atomic E-state index is -0.767. The number of carbonyl (C=O) groups is 2. The van der Waals surface area contributed by atoms with Crippen molar-refractivity contribution in [3.8, 4) is 11.5 Å². The molecule has 6 heteroatoms. The van der Waals surface area contributed by atoms with Crippen molar-refractivity contribution in [3.05, 3.63) is 23.8 Å². The van der Waals surface area contributed by atoms with Crippen molar-refractivity contribution in [2.45, 2.75) is 19.4 Å². The molecule has 0 unspecified atom stereocenters. The van der Waals surface area contributed by atoms with Crippen molar-refractivity contribution in [2.24, 2.45) is 0 Å². The molecule has 1 aromatic carbocycles. The summed E-state index contributed by atoms with van der Waals surface area (Å²) in [4.78, 5) is 22.6. The van der Waals surface area contributed by atoms with E-state index in [1.165, 1.54) is 27.2 Å². The van der Waals surface area contributed by atoms with E-state index < -0.39 is 12.0 Å². The molecule has 104 valence electrons. The van der Waals surface area contributed by atoms with Gasteiger partial charge < -0.3 is 19.9 Å². The molecule has 1 amide bonds. The highest BCUT2D eigenvalue weighted by atomic mass is 16.5. The standard InChI is InChI=1S/C13H17NO5/c1-8(15)14-10(13(17)19-3)6-9-4-5-11(16)12(7-9)18-2/h4-5,7,10,16H,6H2,1-3H3,(H,14,15)/t10-/m0/s1. The largest absolute Gasteiger partial charge is 0.504 e. The van der Waals surface area contributed by atoms with Gasteiger partial charge in [-0.1, -0.05) is 6.07 Å². The van der Waals surface area contributed by atoms with Crippen LogP contribution in [0.15, 0.2) is 18.2 Å². The van der Waals surface area contributed by atoms with E-state index in [1.807, 2.05) is 0 Å². The van der Waals surface area contributed by atoms with Gasteiger partial charge in [-0.15, -0.1) is 0 Å². The number of phenolic OH excluding ortho intramolecular Hbond substituents is 1. The van der Waals surface area contributed by atoms with Gasteiger partial charge >= 0.3 is 5.97 Å². The number of carbonyl (C=O) groups excluding carboxylic acids is 2. The van der Waals surface area contributed by atoms with Crippen LogP contribution in [0.25, 0.3) is 0 Å². The number of ether oxygens (including phenoxy) is 2. The highest BCUT2D eigenvalue weighted by Gasteiger charge is 2.21. The van der Waals surface area contributed by atoms with Crippen LogP contribution in [0.2, 0.25) is 0 Å². The van der Waals surface area contributed by atoms with Crippen LogP contribution in [0, 0.1) is 0 Å². The molecule has 0 spiro atoms. The van der Waals surface area contributed by atoms with Crippen LogP contribution in [0.3, 0.4) is 0 Å². The second kappa shape index (κ2) is 6.63. The van der Waals surface area contributed by atoms with Crippen molar-refractivity contribution >= 4 is 11.9 Å². The van der Waals surface area contributed by atoms with E-state index >= 15 is 0 Å². The fourth-order valence-electron chi connectivity index (χ4n) is 1.67. The maximum atomic E-state index is 11.6. The summed E-state index contributed by atoms with van der Waals surface area (Å²) in [6.45, 7) is 1.33. The van der Waals surface area contributed by atoms with E-state index in [-0.39, 0.29) is 18.1 Å². The van der Waals surface area contributed by atoms with Gasteiger partial charge in [-0.25, -0.2) is 4.79 Å². The molecule has 0 fully saturated rings. The lowest BCUT2D eigenvalue weighted by Crippen LogP contribution is -2.41. The lowest BCUT2D eigenvalue weighted by atomic mass is 10.1. The predicted molar refractivity (Wildman–Crippen MR) is 68.0 cm³/mol. The van der Waals surface area contributed by atoms with Gasteiger partial charge in [0.25, 0.3) is 0 Å². The van der Waals surface area contributed by atoms with Gasteiger partial charge in [0, 0.05) is 13.3 Å². The highest BCUT2D eigenvalue weighted by Crippen LogP contribution is 2.26. The molecule has 6 nitrogen and oxygen atoms in total. The third kappa shape index (κ3) is 4.17. The number of aromatic hydroxyl groups is 1. The first kappa shape index (κ1) is 14.8. The van der Waals surface area contributed by atoms with Gasteiger partial charge in [0.1, 0.15) is 6.04 Å². The van der Waals surface area contributed by atoms with Crippen LogP contribution in [0.1, 0.15) is 12.5 Å². The Morgan fingerprint density at radius 1 is 1.37 bits per heavy atom. The first-order chi connectivity index (χ1) is 8.97. The van der Waals surface area contributed by atoms with Crippen molar-refractivity contribution in [3.63, 3.8) is 0 Å². The van der Waals surface area contributed by atoms with Crippen LogP contribution in [0.4, 0.5) is 0 Å². The number of hydrogen-bond donors (Lipinski definition) is 2. The number of hydrogen-bond acceptors (Lipinski definition) is 5. The van der Waals surface area contributed by atoms with Gasteiger partial charge in [0.05, 0.1) is 14.2 Å². The lowest BCUT2D eigenvalue weighted by Gasteiger charge is -2.16. The van der Waals surface area contributed by atoms with Crippen LogP contribution in [0.5, 0.6) is 11.5 Å². The van der Waals surface area contributed by atoms with Crippen LogP contribution >= 0.6 is 0 Å². The van der Waals surface area contributed by atoms with Gasteiger partial charge in [0.2, 0.25) is 5.91 Å². The Labute approximate surface area is 111 Å². The van der Waals surface area contributed by atoms with Gasteiger partial charge in [-0.05, 0) is 17.7 Å². The van der Waals surface area contributed by atoms with E-state index in [1.54, 1.807) is 12.1 Å². The number of methoxy groups -OCH3 is 2. The molecule has 0 saturated heterocycles. The second-order valence-electron chi connectivity index (χ2n) is 3.99. The summed E-state index contributed by atoms with van der Waals surface area (Å²) in [6, 6.07) is 3.95. The zero-order chi connectivity index (χ0) is 14.4. The van der Waals surface area contributed by atoms with E-state index in [4.69, 9.17) is 4.74 Å². The fraction of sp³-hybridized carbons (Fsp3) is 0.385. The maximum Gasteiger partial charge on any atom is 0.328 e. The SMILES string of the molecule is COC(=O)[C@H](Cc1ccc(O)c(OC)c1)NC(C)=O. The van der Waals surface area contributed by atoms with Gasteiger partial charge in [-0.2, -0.15) is 0 Å². The smallest absolute Gasteiger partial charge is 0.328 e. The number of esters is 1. The molecular formula is C13H17NO5. The molecule has 1 aromatic rings. The molecular weight excluding hydrogens is 250 g/mol. The van der Waals surface area contributed by atoms with Crippen molar-refractivity contribution in [1.29, 1.82) is 0 Å². The normalized spacial score (nSPS) is 11.5. The first-order valence-corrected chi connectivity index (χ1v) is 5.68. The topological polar surface area (TPSA) is 84.9 Å². The molecule has 0 aromatic heterocycles. The Kier molecular flexibility index (Phi) is 5.17. The van der Waals surface area contributed by atoms with Crippen LogP contribution in [-0.4, -0.2) is 37.2 Å².